The van der Waals surface area contributed by atoms with Crippen molar-refractivity contribution in [1.82, 2.24) is 9.80 Å². The molecule has 3 aliphatic rings. The van der Waals surface area contributed by atoms with Crippen LogP contribution in [0.3, 0.4) is 0 Å². The zero-order valence-electron chi connectivity index (χ0n) is 13.1. The van der Waals surface area contributed by atoms with Gasteiger partial charge in [0, 0.05) is 6.54 Å². The zero-order valence-corrected chi connectivity index (χ0v) is 13.1. The second-order valence-corrected chi connectivity index (χ2v) is 7.83. The predicted octanol–water partition coefficient (Wildman–Crippen LogP) is 3.37. The molecule has 2 heterocycles. The smallest absolute Gasteiger partial charge is 0.00380 e. The van der Waals surface area contributed by atoms with Gasteiger partial charge >= 0.3 is 0 Å². The van der Waals surface area contributed by atoms with E-state index in [0.29, 0.717) is 0 Å². The van der Waals surface area contributed by atoms with Gasteiger partial charge in [-0.15, -0.1) is 0 Å². The van der Waals surface area contributed by atoms with Crippen molar-refractivity contribution in [3.8, 4) is 0 Å². The standard InChI is InChI=1S/C17H32N2/c1-3-4-17(5-6-17)15-19-13-9-16(10-14-19)7-11-18(2)12-8-16/h3-15H2,1-2H3. The van der Waals surface area contributed by atoms with Gasteiger partial charge in [-0.25, -0.2) is 0 Å². The van der Waals surface area contributed by atoms with Gasteiger partial charge in [-0.1, -0.05) is 13.3 Å². The molecular formula is C17H32N2. The lowest BCUT2D eigenvalue weighted by molar-refractivity contribution is 0.0347. The molecule has 19 heavy (non-hydrogen) atoms. The fourth-order valence-electron chi connectivity index (χ4n) is 4.45. The van der Waals surface area contributed by atoms with Crippen LogP contribution in [0.15, 0.2) is 0 Å². The molecule has 0 unspecified atom stereocenters. The van der Waals surface area contributed by atoms with Gasteiger partial charge in [0.15, 0.2) is 0 Å². The van der Waals surface area contributed by atoms with Crippen LogP contribution in [0.2, 0.25) is 0 Å². The third-order valence-corrected chi connectivity index (χ3v) is 6.26. The van der Waals surface area contributed by atoms with E-state index in [1.807, 2.05) is 0 Å². The highest BCUT2D eigenvalue weighted by atomic mass is 15.2. The summed E-state index contributed by atoms with van der Waals surface area (Å²) < 4.78 is 0. The van der Waals surface area contributed by atoms with Crippen LogP contribution in [0.1, 0.15) is 58.3 Å². The summed E-state index contributed by atoms with van der Waals surface area (Å²) in [7, 11) is 2.28. The van der Waals surface area contributed by atoms with Crippen molar-refractivity contribution in [1.29, 1.82) is 0 Å². The molecule has 1 saturated carbocycles. The quantitative estimate of drug-likeness (QED) is 0.768. The van der Waals surface area contributed by atoms with Crippen molar-refractivity contribution < 1.29 is 0 Å². The third kappa shape index (κ3) is 3.16. The molecule has 0 N–H and O–H groups in total. The van der Waals surface area contributed by atoms with E-state index in [2.05, 4.69) is 23.8 Å². The molecule has 0 aromatic heterocycles. The first-order valence-corrected chi connectivity index (χ1v) is 8.56. The van der Waals surface area contributed by atoms with Gasteiger partial charge in [0.1, 0.15) is 0 Å². The minimum atomic E-state index is 0.727. The van der Waals surface area contributed by atoms with Crippen molar-refractivity contribution in [2.45, 2.75) is 58.3 Å². The molecule has 2 aliphatic heterocycles. The SMILES string of the molecule is CCCC1(CN2CCC3(CCN(C)CC3)CC2)CC1. The summed E-state index contributed by atoms with van der Waals surface area (Å²) in [6.07, 6.45) is 11.7. The maximum Gasteiger partial charge on any atom is 0.00380 e. The Morgan fingerprint density at radius 3 is 1.95 bits per heavy atom. The van der Waals surface area contributed by atoms with E-state index in [1.54, 1.807) is 0 Å². The van der Waals surface area contributed by atoms with Crippen LogP contribution in [-0.4, -0.2) is 49.6 Å². The van der Waals surface area contributed by atoms with E-state index in [1.165, 1.54) is 84.1 Å². The van der Waals surface area contributed by atoms with Gasteiger partial charge in [-0.3, -0.25) is 0 Å². The summed E-state index contributed by atoms with van der Waals surface area (Å²) >= 11 is 0. The van der Waals surface area contributed by atoms with Gasteiger partial charge in [0.25, 0.3) is 0 Å². The fourth-order valence-corrected chi connectivity index (χ4v) is 4.45. The summed E-state index contributed by atoms with van der Waals surface area (Å²) in [5.74, 6) is 0. The highest BCUT2D eigenvalue weighted by Crippen LogP contribution is 2.51. The fraction of sp³-hybridized carbons (Fsp3) is 1.00. The number of hydrogen-bond donors (Lipinski definition) is 0. The lowest BCUT2D eigenvalue weighted by Gasteiger charge is -2.47. The van der Waals surface area contributed by atoms with Crippen LogP contribution in [-0.2, 0) is 0 Å². The topological polar surface area (TPSA) is 6.48 Å². The van der Waals surface area contributed by atoms with Gasteiger partial charge in [0.2, 0.25) is 0 Å². The van der Waals surface area contributed by atoms with Crippen LogP contribution < -0.4 is 0 Å². The lowest BCUT2D eigenvalue weighted by atomic mass is 9.71. The molecule has 0 amide bonds. The van der Waals surface area contributed by atoms with E-state index in [0.717, 1.165) is 10.8 Å². The molecule has 2 saturated heterocycles. The van der Waals surface area contributed by atoms with Crippen molar-refractivity contribution in [3.63, 3.8) is 0 Å². The van der Waals surface area contributed by atoms with Gasteiger partial charge < -0.3 is 9.80 Å². The largest absolute Gasteiger partial charge is 0.306 e. The molecule has 0 aromatic rings. The number of hydrogen-bond acceptors (Lipinski definition) is 2. The summed E-state index contributed by atoms with van der Waals surface area (Å²) in [6, 6.07) is 0. The Hall–Kier alpha value is -0.0800. The normalized spacial score (nSPS) is 30.6. The van der Waals surface area contributed by atoms with Gasteiger partial charge in [0.05, 0.1) is 0 Å². The first kappa shape index (κ1) is 13.9. The average molecular weight is 264 g/mol. The maximum atomic E-state index is 2.80. The lowest BCUT2D eigenvalue weighted by Crippen LogP contribution is -2.47. The zero-order chi connectivity index (χ0) is 13.3. The third-order valence-electron chi connectivity index (χ3n) is 6.26. The minimum absolute atomic E-state index is 0.727. The monoisotopic (exact) mass is 264 g/mol. The Labute approximate surface area is 119 Å². The molecule has 2 heteroatoms. The van der Waals surface area contributed by atoms with Crippen molar-refractivity contribution in [2.24, 2.45) is 10.8 Å². The molecule has 1 spiro atoms. The van der Waals surface area contributed by atoms with Crippen LogP contribution in [0.5, 0.6) is 0 Å². The Kier molecular flexibility index (Phi) is 3.92. The summed E-state index contributed by atoms with van der Waals surface area (Å²) in [4.78, 5) is 5.31. The molecule has 0 bridgehead atoms. The Morgan fingerprint density at radius 1 is 0.842 bits per heavy atom. The second kappa shape index (κ2) is 5.37. The van der Waals surface area contributed by atoms with Crippen LogP contribution in [0.4, 0.5) is 0 Å². The Bertz CT molecular complexity index is 290. The first-order valence-electron chi connectivity index (χ1n) is 8.56. The first-order chi connectivity index (χ1) is 9.15. The van der Waals surface area contributed by atoms with Gasteiger partial charge in [-0.2, -0.15) is 0 Å². The van der Waals surface area contributed by atoms with E-state index < -0.39 is 0 Å². The van der Waals surface area contributed by atoms with Crippen molar-refractivity contribution >= 4 is 0 Å². The summed E-state index contributed by atoms with van der Waals surface area (Å²) in [5, 5.41) is 0. The molecular weight excluding hydrogens is 232 g/mol. The molecule has 0 aromatic carbocycles. The molecule has 2 nitrogen and oxygen atoms in total. The van der Waals surface area contributed by atoms with E-state index >= 15 is 0 Å². The predicted molar refractivity (Wildman–Crippen MR) is 81.4 cm³/mol. The average Bonchev–Trinajstić information content (AvgIpc) is 3.16. The molecule has 110 valence electrons. The van der Waals surface area contributed by atoms with Crippen molar-refractivity contribution in [3.05, 3.63) is 0 Å². The second-order valence-electron chi connectivity index (χ2n) is 7.83. The van der Waals surface area contributed by atoms with E-state index in [9.17, 15) is 0 Å². The van der Waals surface area contributed by atoms with E-state index in [-0.39, 0.29) is 0 Å². The Morgan fingerprint density at radius 2 is 1.42 bits per heavy atom. The molecule has 3 fully saturated rings. The maximum absolute atomic E-state index is 2.80. The number of rotatable bonds is 4. The Balaban J connectivity index is 1.47. The summed E-state index contributed by atoms with van der Waals surface area (Å²) in [5.41, 5.74) is 1.48. The van der Waals surface area contributed by atoms with E-state index in [4.69, 9.17) is 0 Å². The minimum Gasteiger partial charge on any atom is -0.306 e. The molecule has 0 radical (unpaired) electrons. The van der Waals surface area contributed by atoms with Crippen LogP contribution in [0, 0.1) is 10.8 Å². The number of piperidine rings is 2. The van der Waals surface area contributed by atoms with Crippen LogP contribution >= 0.6 is 0 Å². The highest BCUT2D eigenvalue weighted by Gasteiger charge is 2.44. The summed E-state index contributed by atoms with van der Waals surface area (Å²) in [6.45, 7) is 9.20. The highest BCUT2D eigenvalue weighted by molar-refractivity contribution is 4.97. The molecule has 1 aliphatic carbocycles. The molecule has 0 atom stereocenters. The number of nitrogens with zero attached hydrogens (tertiary/aromatic N) is 2. The van der Waals surface area contributed by atoms with Crippen molar-refractivity contribution in [2.75, 3.05) is 39.8 Å². The molecule has 3 rings (SSSR count). The van der Waals surface area contributed by atoms with Crippen LogP contribution in [0.25, 0.3) is 0 Å². The number of likely N-dealkylation sites (tertiary alicyclic amines) is 2. The van der Waals surface area contributed by atoms with Gasteiger partial charge in [-0.05, 0) is 89.0 Å².